The maximum atomic E-state index is 12.5. The van der Waals surface area contributed by atoms with Gasteiger partial charge in [-0.3, -0.25) is 15.1 Å². The minimum atomic E-state index is -0.173. The Bertz CT molecular complexity index is 1090. The molecule has 2 heterocycles. The van der Waals surface area contributed by atoms with Gasteiger partial charge >= 0.3 is 0 Å². The monoisotopic (exact) mass is 397 g/mol. The molecule has 2 aromatic carbocycles. The summed E-state index contributed by atoms with van der Waals surface area (Å²) in [4.78, 5) is 21.4. The van der Waals surface area contributed by atoms with Crippen LogP contribution in [0.4, 0.5) is 5.13 Å². The number of nitrogens with one attached hydrogen (secondary N) is 1. The average molecular weight is 398 g/mol. The van der Waals surface area contributed by atoms with Crippen LogP contribution in [0.3, 0.4) is 0 Å². The highest BCUT2D eigenvalue weighted by Gasteiger charge is 2.12. The minimum Gasteiger partial charge on any atom is -0.298 e. The van der Waals surface area contributed by atoms with Crippen molar-refractivity contribution in [1.82, 2.24) is 9.97 Å². The Balaban J connectivity index is 1.65. The van der Waals surface area contributed by atoms with E-state index in [-0.39, 0.29) is 5.91 Å². The second-order valence-corrected chi connectivity index (χ2v) is 7.30. The Labute approximate surface area is 150 Å². The highest BCUT2D eigenvalue weighted by atomic mass is 79.9. The first kappa shape index (κ1) is 15.2. The lowest BCUT2D eigenvalue weighted by Crippen LogP contribution is -2.11. The first-order valence-electron chi connectivity index (χ1n) is 7.34. The van der Waals surface area contributed by atoms with Gasteiger partial charge in [0.2, 0.25) is 0 Å². The molecule has 0 unspecified atom stereocenters. The molecule has 0 saturated heterocycles. The molecule has 0 fully saturated rings. The van der Waals surface area contributed by atoms with Crippen LogP contribution in [0.25, 0.3) is 21.1 Å². The Morgan fingerprint density at radius 1 is 1.12 bits per heavy atom. The van der Waals surface area contributed by atoms with Crippen molar-refractivity contribution < 1.29 is 4.79 Å². The minimum absolute atomic E-state index is 0.173. The van der Waals surface area contributed by atoms with Crippen LogP contribution in [0.2, 0.25) is 0 Å². The van der Waals surface area contributed by atoms with Gasteiger partial charge in [-0.05, 0) is 59.3 Å². The number of benzene rings is 2. The van der Waals surface area contributed by atoms with E-state index in [1.54, 1.807) is 6.07 Å². The number of rotatable bonds is 2. The average Bonchev–Trinajstić information content (AvgIpc) is 2.98. The number of hydrogen-bond acceptors (Lipinski definition) is 4. The number of carbonyl (C=O) groups excluding carboxylic acids is 1. The van der Waals surface area contributed by atoms with Gasteiger partial charge in [-0.25, -0.2) is 4.98 Å². The summed E-state index contributed by atoms with van der Waals surface area (Å²) in [5.74, 6) is -0.173. The number of thiazole rings is 1. The summed E-state index contributed by atoms with van der Waals surface area (Å²) < 4.78 is 1.95. The molecule has 2 aromatic heterocycles. The number of halogens is 1. The van der Waals surface area contributed by atoms with E-state index in [1.807, 2.05) is 49.4 Å². The predicted molar refractivity (Wildman–Crippen MR) is 102 cm³/mol. The van der Waals surface area contributed by atoms with Crippen molar-refractivity contribution in [2.75, 3.05) is 5.32 Å². The zero-order chi connectivity index (χ0) is 16.7. The van der Waals surface area contributed by atoms with Gasteiger partial charge in [0.1, 0.15) is 0 Å². The fourth-order valence-electron chi connectivity index (χ4n) is 2.51. The normalized spacial score (nSPS) is 11.1. The molecule has 0 saturated carbocycles. The van der Waals surface area contributed by atoms with Gasteiger partial charge in [-0.15, -0.1) is 0 Å². The lowest BCUT2D eigenvalue weighted by atomic mass is 10.1. The molecule has 118 valence electrons. The van der Waals surface area contributed by atoms with Gasteiger partial charge in [0, 0.05) is 21.1 Å². The van der Waals surface area contributed by atoms with Gasteiger partial charge in [0.25, 0.3) is 5.91 Å². The number of fused-ring (bicyclic) bond motifs is 2. The van der Waals surface area contributed by atoms with Crippen LogP contribution in [-0.2, 0) is 0 Å². The molecule has 0 aliphatic carbocycles. The molecule has 6 heteroatoms. The molecular weight excluding hydrogens is 386 g/mol. The number of para-hydroxylation sites is 1. The molecule has 0 aliphatic heterocycles. The number of carbonyl (C=O) groups is 1. The number of pyridine rings is 1. The van der Waals surface area contributed by atoms with Crippen LogP contribution in [0.15, 0.2) is 53.0 Å². The Morgan fingerprint density at radius 3 is 2.83 bits per heavy atom. The fraction of sp³-hybridized carbons (Fsp3) is 0.0556. The molecule has 4 rings (SSSR count). The van der Waals surface area contributed by atoms with Gasteiger partial charge in [-0.1, -0.05) is 23.5 Å². The molecule has 1 amide bonds. The summed E-state index contributed by atoms with van der Waals surface area (Å²) >= 11 is 4.93. The topological polar surface area (TPSA) is 54.9 Å². The van der Waals surface area contributed by atoms with E-state index in [0.717, 1.165) is 31.3 Å². The molecule has 0 bridgehead atoms. The lowest BCUT2D eigenvalue weighted by molar-refractivity contribution is 0.102. The lowest BCUT2D eigenvalue weighted by Gasteiger charge is -2.04. The van der Waals surface area contributed by atoms with Crippen LogP contribution in [0.1, 0.15) is 16.1 Å². The van der Waals surface area contributed by atoms with Crippen molar-refractivity contribution in [3.8, 4) is 0 Å². The smallest absolute Gasteiger partial charge is 0.257 e. The molecule has 0 aliphatic rings. The maximum Gasteiger partial charge on any atom is 0.257 e. The van der Waals surface area contributed by atoms with Gasteiger partial charge in [-0.2, -0.15) is 0 Å². The van der Waals surface area contributed by atoms with Crippen LogP contribution < -0.4 is 5.32 Å². The van der Waals surface area contributed by atoms with E-state index < -0.39 is 0 Å². The van der Waals surface area contributed by atoms with Gasteiger partial charge in [0.05, 0.1) is 15.7 Å². The molecule has 24 heavy (non-hydrogen) atoms. The molecule has 1 N–H and O–H groups in total. The van der Waals surface area contributed by atoms with E-state index >= 15 is 0 Å². The molecule has 4 aromatic rings. The first-order valence-corrected chi connectivity index (χ1v) is 8.95. The number of hydrogen-bond donors (Lipinski definition) is 1. The number of anilines is 1. The summed E-state index contributed by atoms with van der Waals surface area (Å²) in [6, 6.07) is 15.3. The Morgan fingerprint density at radius 2 is 2.00 bits per heavy atom. The summed E-state index contributed by atoms with van der Waals surface area (Å²) in [5, 5.41) is 4.41. The van der Waals surface area contributed by atoms with E-state index in [0.29, 0.717) is 10.7 Å². The first-order chi connectivity index (χ1) is 11.6. The summed E-state index contributed by atoms with van der Waals surface area (Å²) in [7, 11) is 0. The van der Waals surface area contributed by atoms with E-state index in [4.69, 9.17) is 0 Å². The van der Waals surface area contributed by atoms with E-state index in [1.165, 1.54) is 11.3 Å². The van der Waals surface area contributed by atoms with Gasteiger partial charge < -0.3 is 0 Å². The zero-order valence-electron chi connectivity index (χ0n) is 12.7. The van der Waals surface area contributed by atoms with Crippen LogP contribution in [0, 0.1) is 6.92 Å². The van der Waals surface area contributed by atoms with Crippen molar-refractivity contribution in [2.45, 2.75) is 6.92 Å². The maximum absolute atomic E-state index is 12.5. The SMILES string of the molecule is Cc1ccc2cc(C(=O)Nc3nc4c(Br)cccc4s3)ccc2n1. The second-order valence-electron chi connectivity index (χ2n) is 5.42. The summed E-state index contributed by atoms with van der Waals surface area (Å²) in [6.07, 6.45) is 0. The highest BCUT2D eigenvalue weighted by Crippen LogP contribution is 2.31. The van der Waals surface area contributed by atoms with Gasteiger partial charge in [0.15, 0.2) is 5.13 Å². The van der Waals surface area contributed by atoms with E-state index in [2.05, 4.69) is 31.2 Å². The van der Waals surface area contributed by atoms with Crippen molar-refractivity contribution in [1.29, 1.82) is 0 Å². The summed E-state index contributed by atoms with van der Waals surface area (Å²) in [6.45, 7) is 1.95. The fourth-order valence-corrected chi connectivity index (χ4v) is 3.98. The van der Waals surface area contributed by atoms with Crippen molar-refractivity contribution in [3.05, 3.63) is 64.3 Å². The van der Waals surface area contributed by atoms with Crippen LogP contribution >= 0.6 is 27.3 Å². The van der Waals surface area contributed by atoms with Crippen molar-refractivity contribution in [3.63, 3.8) is 0 Å². The Hall–Kier alpha value is -2.31. The largest absolute Gasteiger partial charge is 0.298 e. The quantitative estimate of drug-likeness (QED) is 0.507. The second kappa shape index (κ2) is 5.96. The summed E-state index contributed by atoms with van der Waals surface area (Å²) in [5.41, 5.74) is 3.29. The third kappa shape index (κ3) is 2.79. The molecule has 0 radical (unpaired) electrons. The Kier molecular flexibility index (Phi) is 3.78. The number of nitrogens with zero attached hydrogens (tertiary/aromatic N) is 2. The molecule has 0 atom stereocenters. The molecule has 4 nitrogen and oxygen atoms in total. The molecule has 0 spiro atoms. The number of aryl methyl sites for hydroxylation is 1. The van der Waals surface area contributed by atoms with Crippen molar-refractivity contribution >= 4 is 59.4 Å². The van der Waals surface area contributed by atoms with Crippen LogP contribution in [-0.4, -0.2) is 15.9 Å². The third-order valence-corrected chi connectivity index (χ3v) is 5.26. The van der Waals surface area contributed by atoms with Crippen molar-refractivity contribution in [2.24, 2.45) is 0 Å². The third-order valence-electron chi connectivity index (χ3n) is 3.68. The zero-order valence-corrected chi connectivity index (χ0v) is 15.1. The number of amides is 1. The standard InChI is InChI=1S/C18H12BrN3OS/c1-10-5-6-11-9-12(7-8-14(11)20-10)17(23)22-18-21-16-13(19)3-2-4-15(16)24-18/h2-9H,1H3,(H,21,22,23). The predicted octanol–water partition coefficient (Wildman–Crippen LogP) is 5.17. The highest BCUT2D eigenvalue weighted by molar-refractivity contribution is 9.10. The van der Waals surface area contributed by atoms with Crippen LogP contribution in [0.5, 0.6) is 0 Å². The molecular formula is C18H12BrN3OS. The number of aromatic nitrogens is 2. The van der Waals surface area contributed by atoms with E-state index in [9.17, 15) is 4.79 Å².